The van der Waals surface area contributed by atoms with E-state index in [1.165, 1.54) is 11.2 Å². The lowest BCUT2D eigenvalue weighted by Crippen LogP contribution is -2.51. The van der Waals surface area contributed by atoms with Crippen LogP contribution in [-0.4, -0.2) is 44.8 Å². The van der Waals surface area contributed by atoms with Gasteiger partial charge in [0.05, 0.1) is 19.4 Å². The number of rotatable bonds is 1. The first-order valence-electron chi connectivity index (χ1n) is 5.18. The number of imidazole rings is 1. The van der Waals surface area contributed by atoms with Gasteiger partial charge < -0.3 is 15.6 Å². The van der Waals surface area contributed by atoms with Crippen LogP contribution in [-0.2, 0) is 9.59 Å². The number of aromatic amines is 1. The molecule has 0 atom stereocenters. The van der Waals surface area contributed by atoms with Crippen LogP contribution in [0.15, 0.2) is 6.33 Å². The lowest BCUT2D eigenvalue weighted by Gasteiger charge is -2.26. The maximum Gasteiger partial charge on any atom is 0.246 e. The van der Waals surface area contributed by atoms with Crippen molar-refractivity contribution >= 4 is 34.7 Å². The number of H-pyrrole nitrogens is 1. The lowest BCUT2D eigenvalue weighted by atomic mass is 10.3. The number of carbonyl (C=O) groups is 2. The van der Waals surface area contributed by atoms with Gasteiger partial charge in [0.1, 0.15) is 5.52 Å². The molecule has 0 unspecified atom stereocenters. The molecular weight excluding hydrogens is 238 g/mol. The molecule has 1 aliphatic rings. The van der Waals surface area contributed by atoms with E-state index in [-0.39, 0.29) is 30.9 Å². The molecule has 2 amide bonds. The van der Waals surface area contributed by atoms with Crippen molar-refractivity contribution in [1.29, 1.82) is 0 Å². The third-order valence-electron chi connectivity index (χ3n) is 2.53. The van der Waals surface area contributed by atoms with Gasteiger partial charge in [-0.05, 0) is 0 Å². The number of nitrogens with zero attached hydrogens (tertiary/aromatic N) is 4. The largest absolute Gasteiger partial charge is 0.368 e. The summed E-state index contributed by atoms with van der Waals surface area (Å²) < 4.78 is 0. The number of anilines is 2. The van der Waals surface area contributed by atoms with Gasteiger partial charge in [0.2, 0.25) is 17.8 Å². The van der Waals surface area contributed by atoms with Gasteiger partial charge >= 0.3 is 0 Å². The normalized spacial score (nSPS) is 16.1. The summed E-state index contributed by atoms with van der Waals surface area (Å²) in [5, 5.41) is 2.22. The highest BCUT2D eigenvalue weighted by molar-refractivity contribution is 6.03. The predicted molar refractivity (Wildman–Crippen MR) is 61.5 cm³/mol. The zero-order valence-corrected chi connectivity index (χ0v) is 9.17. The Labute approximate surface area is 100 Å². The summed E-state index contributed by atoms with van der Waals surface area (Å²) in [6.45, 7) is 0.0760. The van der Waals surface area contributed by atoms with Crippen LogP contribution in [0.3, 0.4) is 0 Å². The number of nitrogens with one attached hydrogen (secondary N) is 2. The van der Waals surface area contributed by atoms with Gasteiger partial charge in [-0.15, -0.1) is 0 Å². The highest BCUT2D eigenvalue weighted by Gasteiger charge is 2.26. The topological polar surface area (TPSA) is 130 Å². The van der Waals surface area contributed by atoms with E-state index in [2.05, 4.69) is 25.3 Å². The molecule has 0 saturated carbocycles. The van der Waals surface area contributed by atoms with Crippen LogP contribution in [0.5, 0.6) is 0 Å². The number of aromatic nitrogens is 4. The van der Waals surface area contributed by atoms with E-state index in [1.807, 2.05) is 0 Å². The van der Waals surface area contributed by atoms with Crippen LogP contribution in [0.4, 0.5) is 11.8 Å². The van der Waals surface area contributed by atoms with E-state index in [4.69, 9.17) is 5.73 Å². The number of nitrogens with two attached hydrogens (primary N) is 1. The quantitative estimate of drug-likeness (QED) is 0.517. The molecule has 3 heterocycles. The first-order chi connectivity index (χ1) is 8.63. The maximum absolute atomic E-state index is 11.3. The number of nitrogen functional groups attached to an aromatic ring is 1. The van der Waals surface area contributed by atoms with Crippen LogP contribution >= 0.6 is 0 Å². The fourth-order valence-electron chi connectivity index (χ4n) is 1.85. The van der Waals surface area contributed by atoms with Crippen LogP contribution in [0, 0.1) is 0 Å². The van der Waals surface area contributed by atoms with Gasteiger partial charge in [-0.3, -0.25) is 14.9 Å². The Morgan fingerprint density at radius 2 is 1.94 bits per heavy atom. The van der Waals surface area contributed by atoms with E-state index < -0.39 is 0 Å². The summed E-state index contributed by atoms with van der Waals surface area (Å²) in [4.78, 5) is 39.0. The highest BCUT2D eigenvalue weighted by atomic mass is 16.2. The minimum Gasteiger partial charge on any atom is -0.368 e. The van der Waals surface area contributed by atoms with E-state index in [0.717, 1.165) is 0 Å². The van der Waals surface area contributed by atoms with Gasteiger partial charge in [0.15, 0.2) is 11.5 Å². The van der Waals surface area contributed by atoms with Crippen LogP contribution < -0.4 is 16.0 Å². The maximum atomic E-state index is 11.3. The second kappa shape index (κ2) is 3.65. The number of carbonyl (C=O) groups excluding carboxylic acids is 2. The predicted octanol–water partition coefficient (Wildman–Crippen LogP) is -1.60. The van der Waals surface area contributed by atoms with Gasteiger partial charge in [-0.1, -0.05) is 0 Å². The van der Waals surface area contributed by atoms with Crippen molar-refractivity contribution in [1.82, 2.24) is 25.3 Å². The third kappa shape index (κ3) is 1.61. The van der Waals surface area contributed by atoms with Crippen molar-refractivity contribution in [3.05, 3.63) is 6.33 Å². The number of piperazine rings is 1. The number of imide groups is 1. The van der Waals surface area contributed by atoms with Crippen molar-refractivity contribution in [2.75, 3.05) is 23.7 Å². The Morgan fingerprint density at radius 1 is 1.22 bits per heavy atom. The molecule has 9 heteroatoms. The van der Waals surface area contributed by atoms with Gasteiger partial charge in [0.25, 0.3) is 0 Å². The Bertz CT molecular complexity index is 633. The van der Waals surface area contributed by atoms with Gasteiger partial charge in [-0.2, -0.15) is 9.97 Å². The number of hydrogen-bond acceptors (Lipinski definition) is 7. The monoisotopic (exact) mass is 247 g/mol. The lowest BCUT2D eigenvalue weighted by molar-refractivity contribution is -0.130. The zero-order chi connectivity index (χ0) is 12.7. The zero-order valence-electron chi connectivity index (χ0n) is 9.17. The van der Waals surface area contributed by atoms with E-state index in [0.29, 0.717) is 17.0 Å². The van der Waals surface area contributed by atoms with Gasteiger partial charge in [0, 0.05) is 0 Å². The van der Waals surface area contributed by atoms with Crippen molar-refractivity contribution in [2.45, 2.75) is 0 Å². The Balaban J connectivity index is 2.10. The fourth-order valence-corrected chi connectivity index (χ4v) is 1.85. The SMILES string of the molecule is Nc1nc(N2CC(=O)NC(=O)C2)c2[nH]cnc2n1. The minimum absolute atomic E-state index is 0.0380. The second-order valence-corrected chi connectivity index (χ2v) is 3.83. The molecule has 2 aromatic rings. The molecule has 0 aromatic carbocycles. The molecular formula is C9H9N7O2. The third-order valence-corrected chi connectivity index (χ3v) is 2.53. The first-order valence-corrected chi connectivity index (χ1v) is 5.18. The minimum atomic E-state index is -0.379. The molecule has 1 fully saturated rings. The smallest absolute Gasteiger partial charge is 0.246 e. The molecule has 18 heavy (non-hydrogen) atoms. The number of amides is 2. The van der Waals surface area contributed by atoms with Crippen molar-refractivity contribution < 1.29 is 9.59 Å². The summed E-state index contributed by atoms with van der Waals surface area (Å²) >= 11 is 0. The Morgan fingerprint density at radius 3 is 2.67 bits per heavy atom. The van der Waals surface area contributed by atoms with Crippen LogP contribution in [0.2, 0.25) is 0 Å². The van der Waals surface area contributed by atoms with Gasteiger partial charge in [-0.25, -0.2) is 4.98 Å². The standard InChI is InChI=1S/C9H9N7O2/c10-9-14-7-6(11-3-12-7)8(15-9)16-1-4(17)13-5(18)2-16/h3H,1-2H2,(H,13,17,18)(H3,10,11,12,14,15). The van der Waals surface area contributed by atoms with E-state index in [9.17, 15) is 9.59 Å². The molecule has 1 aliphatic heterocycles. The molecule has 0 radical (unpaired) electrons. The summed E-state index contributed by atoms with van der Waals surface area (Å²) in [7, 11) is 0. The van der Waals surface area contributed by atoms with Crippen molar-refractivity contribution in [3.8, 4) is 0 Å². The molecule has 0 spiro atoms. The van der Waals surface area contributed by atoms with Crippen molar-refractivity contribution in [2.24, 2.45) is 0 Å². The van der Waals surface area contributed by atoms with E-state index >= 15 is 0 Å². The summed E-state index contributed by atoms with van der Waals surface area (Å²) in [6, 6.07) is 0. The van der Waals surface area contributed by atoms with Crippen molar-refractivity contribution in [3.63, 3.8) is 0 Å². The average Bonchev–Trinajstić information content (AvgIpc) is 2.74. The first kappa shape index (κ1) is 10.4. The summed E-state index contributed by atoms with van der Waals surface area (Å²) in [5.74, 6) is -0.312. The fraction of sp³-hybridized carbons (Fsp3) is 0.222. The molecule has 4 N–H and O–H groups in total. The molecule has 0 aliphatic carbocycles. The molecule has 1 saturated heterocycles. The van der Waals surface area contributed by atoms with E-state index in [1.54, 1.807) is 0 Å². The summed E-state index contributed by atoms with van der Waals surface area (Å²) in [6.07, 6.45) is 1.45. The number of fused-ring (bicyclic) bond motifs is 1. The van der Waals surface area contributed by atoms with Crippen LogP contribution in [0.25, 0.3) is 11.2 Å². The summed E-state index contributed by atoms with van der Waals surface area (Å²) in [5.41, 5.74) is 6.52. The molecule has 9 nitrogen and oxygen atoms in total. The average molecular weight is 247 g/mol. The van der Waals surface area contributed by atoms with Crippen LogP contribution in [0.1, 0.15) is 0 Å². The molecule has 3 rings (SSSR count). The highest BCUT2D eigenvalue weighted by Crippen LogP contribution is 2.22. The second-order valence-electron chi connectivity index (χ2n) is 3.83. The number of hydrogen-bond donors (Lipinski definition) is 3. The Hall–Kier alpha value is -2.71. The molecule has 0 bridgehead atoms. The molecule has 92 valence electrons. The Kier molecular flexibility index (Phi) is 2.12. The molecule has 2 aromatic heterocycles.